The van der Waals surface area contributed by atoms with E-state index in [1.54, 1.807) is 6.92 Å². The van der Waals surface area contributed by atoms with Gasteiger partial charge in [0.25, 0.3) is 0 Å². The van der Waals surface area contributed by atoms with E-state index in [4.69, 9.17) is 4.74 Å². The van der Waals surface area contributed by atoms with Crippen LogP contribution in [0.25, 0.3) is 0 Å². The van der Waals surface area contributed by atoms with Crippen LogP contribution in [-0.4, -0.2) is 42.6 Å². The summed E-state index contributed by atoms with van der Waals surface area (Å²) < 4.78 is 4.88. The van der Waals surface area contributed by atoms with E-state index in [9.17, 15) is 9.59 Å². The van der Waals surface area contributed by atoms with Gasteiger partial charge in [0.05, 0.1) is 6.61 Å². The number of rotatable bonds is 4. The zero-order valence-electron chi connectivity index (χ0n) is 14.8. The third-order valence-electron chi connectivity index (χ3n) is 7.01. The summed E-state index contributed by atoms with van der Waals surface area (Å²) in [6, 6.07) is 0.114. The molecule has 5 heteroatoms. The summed E-state index contributed by atoms with van der Waals surface area (Å²) in [5.41, 5.74) is 0.461. The van der Waals surface area contributed by atoms with Crippen molar-refractivity contribution in [1.29, 1.82) is 0 Å². The maximum atomic E-state index is 12.6. The molecule has 5 nitrogen and oxygen atoms in total. The van der Waals surface area contributed by atoms with E-state index in [1.165, 1.54) is 38.5 Å². The first kappa shape index (κ1) is 16.2. The highest BCUT2D eigenvalue weighted by atomic mass is 16.5. The van der Waals surface area contributed by atoms with Crippen LogP contribution in [0.15, 0.2) is 0 Å². The standard InChI is InChI=1S/C19H30N2O3/c1-2-24-18(23)20-16-8-15(9-16)17(22)21-11-19(12-21)7-6-14(10-19)13-4-3-5-13/h13-16H,2-12H2,1H3,(H,20,23)/t14?,15-,16+. The predicted octanol–water partition coefficient (Wildman–Crippen LogP) is 2.94. The maximum absolute atomic E-state index is 12.6. The summed E-state index contributed by atoms with van der Waals surface area (Å²) in [4.78, 5) is 26.0. The number of likely N-dealkylation sites (tertiary alicyclic amines) is 1. The average molecular weight is 334 g/mol. The van der Waals surface area contributed by atoms with Crippen LogP contribution in [0.5, 0.6) is 0 Å². The molecule has 1 atom stereocenters. The van der Waals surface area contributed by atoms with Crippen LogP contribution in [0.4, 0.5) is 4.79 Å². The summed E-state index contributed by atoms with van der Waals surface area (Å²) in [5, 5.41) is 2.82. The van der Waals surface area contributed by atoms with Crippen molar-refractivity contribution in [2.75, 3.05) is 19.7 Å². The van der Waals surface area contributed by atoms with Crippen molar-refractivity contribution in [2.45, 2.75) is 64.3 Å². The molecule has 0 aromatic rings. The molecular weight excluding hydrogens is 304 g/mol. The normalized spacial score (nSPS) is 34.2. The van der Waals surface area contributed by atoms with Gasteiger partial charge in [-0.25, -0.2) is 4.79 Å². The van der Waals surface area contributed by atoms with E-state index in [2.05, 4.69) is 10.2 Å². The summed E-state index contributed by atoms with van der Waals surface area (Å²) in [7, 11) is 0. The first-order valence-electron chi connectivity index (χ1n) is 9.81. The SMILES string of the molecule is CCOC(=O)N[C@H]1C[C@@H](C(=O)N2CC3(CCC(C4CCC4)C3)C2)C1. The topological polar surface area (TPSA) is 58.6 Å². The minimum absolute atomic E-state index is 0.109. The fourth-order valence-electron chi connectivity index (χ4n) is 5.31. The van der Waals surface area contributed by atoms with Crippen molar-refractivity contribution in [1.82, 2.24) is 10.2 Å². The largest absolute Gasteiger partial charge is 0.450 e. The zero-order valence-corrected chi connectivity index (χ0v) is 14.8. The Morgan fingerprint density at radius 3 is 2.54 bits per heavy atom. The van der Waals surface area contributed by atoms with Gasteiger partial charge in [-0.3, -0.25) is 4.79 Å². The molecule has 1 spiro atoms. The van der Waals surface area contributed by atoms with Crippen LogP contribution in [0, 0.1) is 23.2 Å². The Labute approximate surface area is 144 Å². The van der Waals surface area contributed by atoms with Crippen LogP contribution in [0.3, 0.4) is 0 Å². The van der Waals surface area contributed by atoms with Crippen LogP contribution in [-0.2, 0) is 9.53 Å². The third-order valence-corrected chi connectivity index (χ3v) is 7.01. The predicted molar refractivity (Wildman–Crippen MR) is 90.4 cm³/mol. The number of hydrogen-bond acceptors (Lipinski definition) is 3. The van der Waals surface area contributed by atoms with Crippen molar-refractivity contribution in [3.05, 3.63) is 0 Å². The molecule has 1 heterocycles. The van der Waals surface area contributed by atoms with Crippen LogP contribution < -0.4 is 5.32 Å². The molecule has 2 amide bonds. The van der Waals surface area contributed by atoms with Crippen molar-refractivity contribution < 1.29 is 14.3 Å². The second-order valence-electron chi connectivity index (χ2n) is 8.62. The highest BCUT2D eigenvalue weighted by Gasteiger charge is 2.52. The minimum Gasteiger partial charge on any atom is -0.450 e. The van der Waals surface area contributed by atoms with Gasteiger partial charge in [-0.05, 0) is 50.9 Å². The quantitative estimate of drug-likeness (QED) is 0.860. The molecule has 24 heavy (non-hydrogen) atoms. The fraction of sp³-hybridized carbons (Fsp3) is 0.895. The third kappa shape index (κ3) is 2.91. The lowest BCUT2D eigenvalue weighted by Gasteiger charge is -2.51. The Hall–Kier alpha value is -1.26. The molecule has 0 radical (unpaired) electrons. The van der Waals surface area contributed by atoms with Crippen LogP contribution in [0.2, 0.25) is 0 Å². The van der Waals surface area contributed by atoms with E-state index in [-0.39, 0.29) is 18.1 Å². The molecular formula is C19H30N2O3. The molecule has 4 rings (SSSR count). The molecule has 1 N–H and O–H groups in total. The number of nitrogens with one attached hydrogen (secondary N) is 1. The molecule has 3 aliphatic carbocycles. The molecule has 134 valence electrons. The summed E-state index contributed by atoms with van der Waals surface area (Å²) in [5.74, 6) is 2.36. The van der Waals surface area contributed by atoms with Crippen molar-refractivity contribution in [2.24, 2.45) is 23.2 Å². The first-order valence-corrected chi connectivity index (χ1v) is 9.81. The summed E-state index contributed by atoms with van der Waals surface area (Å²) in [6.45, 7) is 4.16. The number of carbonyl (C=O) groups is 2. The number of carbonyl (C=O) groups excluding carboxylic acids is 2. The van der Waals surface area contributed by atoms with Gasteiger partial charge in [0.1, 0.15) is 0 Å². The van der Waals surface area contributed by atoms with Gasteiger partial charge in [0, 0.05) is 30.5 Å². The monoisotopic (exact) mass is 334 g/mol. The second kappa shape index (κ2) is 6.23. The Bertz CT molecular complexity index is 505. The molecule has 4 aliphatic rings. The van der Waals surface area contributed by atoms with Crippen molar-refractivity contribution >= 4 is 12.0 Å². The van der Waals surface area contributed by atoms with Gasteiger partial charge in [-0.15, -0.1) is 0 Å². The number of ether oxygens (including phenoxy) is 1. The lowest BCUT2D eigenvalue weighted by molar-refractivity contribution is -0.151. The fourth-order valence-corrected chi connectivity index (χ4v) is 5.31. The first-order chi connectivity index (χ1) is 11.6. The van der Waals surface area contributed by atoms with E-state index in [0.29, 0.717) is 17.9 Å². The van der Waals surface area contributed by atoms with Gasteiger partial charge >= 0.3 is 6.09 Å². The molecule has 0 aromatic heterocycles. The van der Waals surface area contributed by atoms with Crippen molar-refractivity contribution in [3.63, 3.8) is 0 Å². The Morgan fingerprint density at radius 1 is 1.17 bits per heavy atom. The van der Waals surface area contributed by atoms with E-state index >= 15 is 0 Å². The lowest BCUT2D eigenvalue weighted by atomic mass is 9.71. The smallest absolute Gasteiger partial charge is 0.407 e. The van der Waals surface area contributed by atoms with E-state index in [0.717, 1.165) is 37.8 Å². The highest BCUT2D eigenvalue weighted by molar-refractivity contribution is 5.81. The minimum atomic E-state index is -0.357. The van der Waals surface area contributed by atoms with Gasteiger partial charge in [0.2, 0.25) is 5.91 Å². The number of hydrogen-bond donors (Lipinski definition) is 1. The Balaban J connectivity index is 1.18. The zero-order chi connectivity index (χ0) is 16.7. The van der Waals surface area contributed by atoms with E-state index in [1.807, 2.05) is 0 Å². The van der Waals surface area contributed by atoms with Gasteiger partial charge in [0.15, 0.2) is 0 Å². The van der Waals surface area contributed by atoms with Crippen molar-refractivity contribution in [3.8, 4) is 0 Å². The van der Waals surface area contributed by atoms with Crippen LogP contribution >= 0.6 is 0 Å². The molecule has 3 saturated carbocycles. The maximum Gasteiger partial charge on any atom is 0.407 e. The van der Waals surface area contributed by atoms with Crippen LogP contribution in [0.1, 0.15) is 58.3 Å². The highest BCUT2D eigenvalue weighted by Crippen LogP contribution is 2.54. The number of amides is 2. The lowest BCUT2D eigenvalue weighted by Crippen LogP contribution is -2.61. The van der Waals surface area contributed by atoms with Gasteiger partial charge in [-0.2, -0.15) is 0 Å². The molecule has 0 bridgehead atoms. The molecule has 1 aliphatic heterocycles. The Kier molecular flexibility index (Phi) is 4.21. The average Bonchev–Trinajstić information content (AvgIpc) is 2.83. The van der Waals surface area contributed by atoms with Gasteiger partial charge in [-0.1, -0.05) is 19.3 Å². The Morgan fingerprint density at radius 2 is 1.92 bits per heavy atom. The number of nitrogens with zero attached hydrogens (tertiary/aromatic N) is 1. The molecule has 4 fully saturated rings. The molecule has 1 unspecified atom stereocenters. The second-order valence-corrected chi connectivity index (χ2v) is 8.62. The van der Waals surface area contributed by atoms with E-state index < -0.39 is 0 Å². The molecule has 1 saturated heterocycles. The van der Waals surface area contributed by atoms with Gasteiger partial charge < -0.3 is 15.0 Å². The number of alkyl carbamates (subject to hydrolysis) is 1. The molecule has 0 aromatic carbocycles. The summed E-state index contributed by atoms with van der Waals surface area (Å²) >= 11 is 0. The summed E-state index contributed by atoms with van der Waals surface area (Å²) in [6.07, 6.45) is 9.58.